The fourth-order valence-corrected chi connectivity index (χ4v) is 2.15. The molecule has 2 rings (SSSR count). The predicted molar refractivity (Wildman–Crippen MR) is 78.7 cm³/mol. The lowest BCUT2D eigenvalue weighted by molar-refractivity contribution is -0.384. The lowest BCUT2D eigenvalue weighted by Gasteiger charge is -2.10. The zero-order chi connectivity index (χ0) is 15.9. The van der Waals surface area contributed by atoms with Crippen LogP contribution in [0.3, 0.4) is 0 Å². The van der Waals surface area contributed by atoms with E-state index in [4.69, 9.17) is 10.00 Å². The van der Waals surface area contributed by atoms with Crippen molar-refractivity contribution in [2.75, 3.05) is 13.2 Å². The number of nitro groups is 1. The van der Waals surface area contributed by atoms with Crippen LogP contribution in [0.1, 0.15) is 18.4 Å². The van der Waals surface area contributed by atoms with E-state index in [1.165, 1.54) is 24.3 Å². The summed E-state index contributed by atoms with van der Waals surface area (Å²) in [5, 5.41) is 22.4. The third kappa shape index (κ3) is 4.14. The monoisotopic (exact) mass is 301 g/mol. The number of rotatable bonds is 5. The Balaban J connectivity index is 2.06. The number of hydrogen-bond acceptors (Lipinski definition) is 5. The van der Waals surface area contributed by atoms with Gasteiger partial charge in [0.2, 0.25) is 0 Å². The van der Waals surface area contributed by atoms with Crippen molar-refractivity contribution in [2.45, 2.75) is 18.9 Å². The van der Waals surface area contributed by atoms with Gasteiger partial charge >= 0.3 is 0 Å². The average Bonchev–Trinajstić information content (AvgIpc) is 3.04. The fourth-order valence-electron chi connectivity index (χ4n) is 2.15. The molecule has 0 bridgehead atoms. The van der Waals surface area contributed by atoms with Crippen molar-refractivity contribution in [2.24, 2.45) is 0 Å². The van der Waals surface area contributed by atoms with Gasteiger partial charge in [0.1, 0.15) is 11.6 Å². The highest BCUT2D eigenvalue weighted by atomic mass is 16.6. The van der Waals surface area contributed by atoms with Gasteiger partial charge in [-0.15, -0.1) is 0 Å². The van der Waals surface area contributed by atoms with E-state index in [9.17, 15) is 14.9 Å². The smallest absolute Gasteiger partial charge is 0.270 e. The number of nitrogens with one attached hydrogen (secondary N) is 1. The summed E-state index contributed by atoms with van der Waals surface area (Å²) < 4.78 is 5.39. The van der Waals surface area contributed by atoms with Crippen LogP contribution >= 0.6 is 0 Å². The standard InChI is InChI=1S/C15H15N3O4/c16-9-12(15(19)17-10-14-5-2-6-22-14)7-11-3-1-4-13(8-11)18(20)21/h1,3-4,7-8,14H,2,5-6,10H2,(H,17,19)/b12-7+/t14-/m1/s1. The number of hydrogen-bond donors (Lipinski definition) is 1. The maximum absolute atomic E-state index is 12.0. The Morgan fingerprint density at radius 1 is 1.59 bits per heavy atom. The zero-order valence-corrected chi connectivity index (χ0v) is 11.8. The summed E-state index contributed by atoms with van der Waals surface area (Å²) in [5.41, 5.74) is 0.238. The van der Waals surface area contributed by atoms with Gasteiger partial charge in [-0.2, -0.15) is 5.26 Å². The maximum Gasteiger partial charge on any atom is 0.270 e. The fraction of sp³-hybridized carbons (Fsp3) is 0.333. The minimum absolute atomic E-state index is 0.0123. The van der Waals surface area contributed by atoms with Crippen molar-refractivity contribution in [3.63, 3.8) is 0 Å². The molecule has 0 aliphatic carbocycles. The molecule has 0 unspecified atom stereocenters. The zero-order valence-electron chi connectivity index (χ0n) is 11.8. The molecule has 0 radical (unpaired) electrons. The molecule has 1 fully saturated rings. The Morgan fingerprint density at radius 2 is 2.41 bits per heavy atom. The second kappa shape index (κ2) is 7.33. The molecule has 1 aromatic rings. The van der Waals surface area contributed by atoms with Crippen LogP contribution in [0.2, 0.25) is 0 Å². The minimum atomic E-state index is -0.527. The van der Waals surface area contributed by atoms with Gasteiger partial charge in [0.25, 0.3) is 11.6 Å². The second-order valence-electron chi connectivity index (χ2n) is 4.87. The third-order valence-electron chi connectivity index (χ3n) is 3.27. The molecule has 1 saturated heterocycles. The molecule has 0 spiro atoms. The van der Waals surface area contributed by atoms with E-state index in [0.717, 1.165) is 12.8 Å². The van der Waals surface area contributed by atoms with Crippen LogP contribution in [-0.4, -0.2) is 30.1 Å². The maximum atomic E-state index is 12.0. The number of amides is 1. The minimum Gasteiger partial charge on any atom is -0.376 e. The number of non-ortho nitro benzene ring substituents is 1. The lowest BCUT2D eigenvalue weighted by Crippen LogP contribution is -2.32. The lowest BCUT2D eigenvalue weighted by atomic mass is 10.1. The molecule has 1 atom stereocenters. The van der Waals surface area contributed by atoms with Gasteiger partial charge in [-0.3, -0.25) is 14.9 Å². The van der Waals surface area contributed by atoms with Gasteiger partial charge in [0.15, 0.2) is 0 Å². The summed E-state index contributed by atoms with van der Waals surface area (Å²) in [6.07, 6.45) is 3.17. The number of carbonyl (C=O) groups is 1. The Kier molecular flexibility index (Phi) is 5.22. The van der Waals surface area contributed by atoms with Gasteiger partial charge < -0.3 is 10.1 Å². The summed E-state index contributed by atoms with van der Waals surface area (Å²) in [6, 6.07) is 7.57. The highest BCUT2D eigenvalue weighted by Gasteiger charge is 2.17. The van der Waals surface area contributed by atoms with Gasteiger partial charge in [-0.25, -0.2) is 0 Å². The average molecular weight is 301 g/mol. The number of nitro benzene ring substituents is 1. The van der Waals surface area contributed by atoms with E-state index in [-0.39, 0.29) is 17.4 Å². The molecule has 1 aliphatic heterocycles. The molecule has 1 N–H and O–H groups in total. The molecular weight excluding hydrogens is 286 g/mol. The molecule has 0 aromatic heterocycles. The summed E-state index contributed by atoms with van der Waals surface area (Å²) in [6.45, 7) is 1.04. The molecule has 1 amide bonds. The van der Waals surface area contributed by atoms with E-state index in [1.807, 2.05) is 6.07 Å². The van der Waals surface area contributed by atoms with Gasteiger partial charge in [-0.1, -0.05) is 12.1 Å². The normalized spacial score (nSPS) is 17.8. The van der Waals surface area contributed by atoms with Gasteiger partial charge in [0.05, 0.1) is 11.0 Å². The number of nitriles is 1. The van der Waals surface area contributed by atoms with Crippen molar-refractivity contribution in [3.8, 4) is 6.07 Å². The van der Waals surface area contributed by atoms with Crippen molar-refractivity contribution in [1.82, 2.24) is 5.32 Å². The second-order valence-corrected chi connectivity index (χ2v) is 4.87. The van der Waals surface area contributed by atoms with E-state index in [0.29, 0.717) is 18.7 Å². The van der Waals surface area contributed by atoms with Crippen LogP contribution in [0.5, 0.6) is 0 Å². The summed E-state index contributed by atoms with van der Waals surface area (Å²) in [5.74, 6) is -0.510. The van der Waals surface area contributed by atoms with E-state index in [2.05, 4.69) is 5.32 Å². The van der Waals surface area contributed by atoms with Crippen molar-refractivity contribution < 1.29 is 14.5 Å². The number of benzene rings is 1. The van der Waals surface area contributed by atoms with Crippen LogP contribution in [0.25, 0.3) is 6.08 Å². The molecule has 114 valence electrons. The first-order valence-corrected chi connectivity index (χ1v) is 6.86. The van der Waals surface area contributed by atoms with Crippen LogP contribution in [0, 0.1) is 21.4 Å². The highest BCUT2D eigenvalue weighted by Crippen LogP contribution is 2.16. The Morgan fingerprint density at radius 3 is 3.05 bits per heavy atom. The van der Waals surface area contributed by atoms with Crippen LogP contribution in [0.15, 0.2) is 29.8 Å². The first-order chi connectivity index (χ1) is 10.6. The molecule has 7 heteroatoms. The summed E-state index contributed by atoms with van der Waals surface area (Å²) >= 11 is 0. The van der Waals surface area contributed by atoms with Crippen LogP contribution in [-0.2, 0) is 9.53 Å². The van der Waals surface area contributed by atoms with Gasteiger partial charge in [0, 0.05) is 25.3 Å². The third-order valence-corrected chi connectivity index (χ3v) is 3.27. The number of nitrogens with zero attached hydrogens (tertiary/aromatic N) is 2. The van der Waals surface area contributed by atoms with Crippen molar-refractivity contribution in [3.05, 3.63) is 45.5 Å². The Bertz CT molecular complexity index is 642. The predicted octanol–water partition coefficient (Wildman–Crippen LogP) is 1.80. The molecule has 1 aromatic carbocycles. The molecule has 22 heavy (non-hydrogen) atoms. The molecular formula is C15H15N3O4. The molecule has 7 nitrogen and oxygen atoms in total. The first kappa shape index (κ1) is 15.7. The summed E-state index contributed by atoms with van der Waals surface area (Å²) in [7, 11) is 0. The Hall–Kier alpha value is -2.72. The highest BCUT2D eigenvalue weighted by molar-refractivity contribution is 6.01. The quantitative estimate of drug-likeness (QED) is 0.386. The van der Waals surface area contributed by atoms with E-state index >= 15 is 0 Å². The first-order valence-electron chi connectivity index (χ1n) is 6.86. The number of carbonyl (C=O) groups excluding carboxylic acids is 1. The van der Waals surface area contributed by atoms with Gasteiger partial charge in [-0.05, 0) is 24.5 Å². The van der Waals surface area contributed by atoms with Crippen LogP contribution < -0.4 is 5.32 Å². The molecule has 0 saturated carbocycles. The topological polar surface area (TPSA) is 105 Å². The van der Waals surface area contributed by atoms with E-state index in [1.54, 1.807) is 6.07 Å². The largest absolute Gasteiger partial charge is 0.376 e. The number of ether oxygens (including phenoxy) is 1. The van der Waals surface area contributed by atoms with Crippen LogP contribution in [0.4, 0.5) is 5.69 Å². The molecule has 1 heterocycles. The molecule has 1 aliphatic rings. The van der Waals surface area contributed by atoms with Crippen molar-refractivity contribution in [1.29, 1.82) is 5.26 Å². The SMILES string of the molecule is N#C/C(=C\c1cccc([N+](=O)[O-])c1)C(=O)NC[C@H]1CCCO1. The summed E-state index contributed by atoms with van der Waals surface area (Å²) in [4.78, 5) is 22.2. The Labute approximate surface area is 127 Å². The van der Waals surface area contributed by atoms with Crippen molar-refractivity contribution >= 4 is 17.7 Å². The van der Waals surface area contributed by atoms with E-state index < -0.39 is 10.8 Å².